The van der Waals surface area contributed by atoms with E-state index in [1.807, 2.05) is 44.2 Å². The zero-order valence-corrected chi connectivity index (χ0v) is 18.5. The zero-order valence-electron chi connectivity index (χ0n) is 17.7. The maximum Gasteiger partial charge on any atom is 0.296 e. The van der Waals surface area contributed by atoms with Crippen LogP contribution in [0.5, 0.6) is 0 Å². The minimum Gasteiger partial charge on any atom is -0.451 e. The van der Waals surface area contributed by atoms with Crippen LogP contribution in [0.25, 0.3) is 21.2 Å². The van der Waals surface area contributed by atoms with Crippen LogP contribution in [0.1, 0.15) is 27.2 Å². The molecule has 5 aromatic rings. The van der Waals surface area contributed by atoms with E-state index < -0.39 is 5.91 Å². The van der Waals surface area contributed by atoms with E-state index in [1.54, 1.807) is 29.2 Å². The van der Waals surface area contributed by atoms with Crippen LogP contribution in [0, 0.1) is 13.8 Å². The maximum atomic E-state index is 13.6. The molecule has 0 atom stereocenters. The molecule has 1 amide bonds. The third kappa shape index (κ3) is 3.69. The van der Waals surface area contributed by atoms with Gasteiger partial charge in [0.05, 0.1) is 22.1 Å². The first-order valence-corrected chi connectivity index (χ1v) is 11.1. The molecule has 5 nitrogen and oxygen atoms in total. The first-order chi connectivity index (χ1) is 15.5. The molecule has 0 bridgehead atoms. The average molecular weight is 441 g/mol. The SMILES string of the molecule is Cc1cc(C)c2nc(N(Cc3ccccc3)C(=O)c3cc(=O)c4ccccc4o3)sc2c1. The Kier molecular flexibility index (Phi) is 5.07. The van der Waals surface area contributed by atoms with Crippen LogP contribution in [0.2, 0.25) is 0 Å². The van der Waals surface area contributed by atoms with Gasteiger partial charge in [-0.2, -0.15) is 0 Å². The minimum atomic E-state index is -0.398. The van der Waals surface area contributed by atoms with Gasteiger partial charge in [-0.3, -0.25) is 14.5 Å². The summed E-state index contributed by atoms with van der Waals surface area (Å²) in [6.07, 6.45) is 0. The molecule has 0 saturated carbocycles. The highest BCUT2D eigenvalue weighted by molar-refractivity contribution is 7.22. The van der Waals surface area contributed by atoms with Gasteiger partial charge in [0.15, 0.2) is 16.3 Å². The van der Waals surface area contributed by atoms with Crippen molar-refractivity contribution in [3.8, 4) is 0 Å². The number of aromatic nitrogens is 1. The molecule has 158 valence electrons. The molecule has 0 aliphatic carbocycles. The molecule has 0 radical (unpaired) electrons. The highest BCUT2D eigenvalue weighted by Gasteiger charge is 2.25. The van der Waals surface area contributed by atoms with E-state index in [-0.39, 0.29) is 11.2 Å². The summed E-state index contributed by atoms with van der Waals surface area (Å²) in [4.78, 5) is 32.6. The molecule has 0 unspecified atom stereocenters. The van der Waals surface area contributed by atoms with Gasteiger partial charge in [-0.25, -0.2) is 4.98 Å². The molecule has 32 heavy (non-hydrogen) atoms. The molecule has 0 saturated heterocycles. The summed E-state index contributed by atoms with van der Waals surface area (Å²) in [5, 5.41) is 1.02. The van der Waals surface area contributed by atoms with Gasteiger partial charge in [-0.15, -0.1) is 0 Å². The number of hydrogen-bond acceptors (Lipinski definition) is 5. The van der Waals surface area contributed by atoms with Crippen LogP contribution in [0.3, 0.4) is 0 Å². The molecule has 0 spiro atoms. The lowest BCUT2D eigenvalue weighted by atomic mass is 10.1. The smallest absolute Gasteiger partial charge is 0.296 e. The van der Waals surface area contributed by atoms with Crippen LogP contribution in [-0.4, -0.2) is 10.9 Å². The maximum absolute atomic E-state index is 13.6. The molecule has 0 fully saturated rings. The Morgan fingerprint density at radius 2 is 1.75 bits per heavy atom. The molecule has 3 aromatic carbocycles. The summed E-state index contributed by atoms with van der Waals surface area (Å²) in [6, 6.07) is 22.1. The number of thiazole rings is 1. The Hall–Kier alpha value is -3.77. The Labute approximate surface area is 188 Å². The van der Waals surface area contributed by atoms with Crippen LogP contribution in [0.15, 0.2) is 82.0 Å². The van der Waals surface area contributed by atoms with Crippen LogP contribution >= 0.6 is 11.3 Å². The summed E-state index contributed by atoms with van der Waals surface area (Å²) in [7, 11) is 0. The van der Waals surface area contributed by atoms with Gasteiger partial charge in [-0.1, -0.05) is 59.9 Å². The molecular formula is C26H20N2O3S. The van der Waals surface area contributed by atoms with Gasteiger partial charge in [0.1, 0.15) is 5.58 Å². The van der Waals surface area contributed by atoms with Crippen LogP contribution in [-0.2, 0) is 6.54 Å². The van der Waals surface area contributed by atoms with Gasteiger partial charge < -0.3 is 4.42 Å². The van der Waals surface area contributed by atoms with Gasteiger partial charge in [0.25, 0.3) is 5.91 Å². The van der Waals surface area contributed by atoms with E-state index in [1.165, 1.54) is 17.4 Å². The Bertz CT molecular complexity index is 1520. The van der Waals surface area contributed by atoms with Crippen LogP contribution in [0.4, 0.5) is 5.13 Å². The van der Waals surface area contributed by atoms with E-state index >= 15 is 0 Å². The predicted octanol–water partition coefficient (Wildman–Crippen LogP) is 5.87. The lowest BCUT2D eigenvalue weighted by molar-refractivity contribution is 0.0959. The van der Waals surface area contributed by atoms with E-state index in [0.717, 1.165) is 26.9 Å². The van der Waals surface area contributed by atoms with Crippen molar-refractivity contribution in [2.75, 3.05) is 4.90 Å². The normalized spacial score (nSPS) is 11.2. The Morgan fingerprint density at radius 3 is 2.56 bits per heavy atom. The largest absolute Gasteiger partial charge is 0.451 e. The minimum absolute atomic E-state index is 0.00297. The number of benzene rings is 3. The first kappa shape index (κ1) is 20.2. The fourth-order valence-corrected chi connectivity index (χ4v) is 4.95. The fourth-order valence-electron chi connectivity index (χ4n) is 3.81. The number of carbonyl (C=O) groups excluding carboxylic acids is 1. The second-order valence-corrected chi connectivity index (χ2v) is 8.78. The average Bonchev–Trinajstić information content (AvgIpc) is 3.22. The highest BCUT2D eigenvalue weighted by Crippen LogP contribution is 2.33. The Morgan fingerprint density at radius 1 is 1.00 bits per heavy atom. The van der Waals surface area contributed by atoms with E-state index in [4.69, 9.17) is 9.40 Å². The standard InChI is InChI=1S/C26H20N2O3S/c1-16-12-17(2)24-23(13-16)32-26(27-24)28(15-18-8-4-3-5-9-18)25(30)22-14-20(29)19-10-6-7-11-21(19)31-22/h3-14H,15H2,1-2H3. The Balaban J connectivity index is 1.64. The lowest BCUT2D eigenvalue weighted by Gasteiger charge is -2.19. The highest BCUT2D eigenvalue weighted by atomic mass is 32.1. The molecular weight excluding hydrogens is 420 g/mol. The second kappa shape index (κ2) is 8.05. The van der Waals surface area contributed by atoms with Crippen LogP contribution < -0.4 is 10.3 Å². The number of anilines is 1. The van der Waals surface area contributed by atoms with Gasteiger partial charge in [0, 0.05) is 6.07 Å². The number of hydrogen-bond donors (Lipinski definition) is 0. The van der Waals surface area contributed by atoms with Gasteiger partial charge >= 0.3 is 0 Å². The summed E-state index contributed by atoms with van der Waals surface area (Å²) < 4.78 is 6.86. The first-order valence-electron chi connectivity index (χ1n) is 10.3. The molecule has 5 rings (SSSR count). The van der Waals surface area contributed by atoms with E-state index in [0.29, 0.717) is 22.6 Å². The number of aryl methyl sites for hydroxylation is 2. The quantitative estimate of drug-likeness (QED) is 0.351. The van der Waals surface area contributed by atoms with Crippen molar-refractivity contribution in [3.63, 3.8) is 0 Å². The van der Waals surface area contributed by atoms with Crippen molar-refractivity contribution in [2.24, 2.45) is 0 Å². The zero-order chi connectivity index (χ0) is 22.2. The number of amides is 1. The number of fused-ring (bicyclic) bond motifs is 2. The van der Waals surface area contributed by atoms with Gasteiger partial charge in [-0.05, 0) is 48.7 Å². The lowest BCUT2D eigenvalue weighted by Crippen LogP contribution is -2.31. The monoisotopic (exact) mass is 440 g/mol. The predicted molar refractivity (Wildman–Crippen MR) is 129 cm³/mol. The molecule has 2 heterocycles. The summed E-state index contributed by atoms with van der Waals surface area (Å²) in [6.45, 7) is 4.38. The summed E-state index contributed by atoms with van der Waals surface area (Å²) in [5.74, 6) is -0.401. The van der Waals surface area contributed by atoms with Gasteiger partial charge in [0.2, 0.25) is 0 Å². The van der Waals surface area contributed by atoms with Crippen molar-refractivity contribution < 1.29 is 9.21 Å². The number of para-hydroxylation sites is 1. The second-order valence-electron chi connectivity index (χ2n) is 7.77. The fraction of sp³-hybridized carbons (Fsp3) is 0.115. The van der Waals surface area contributed by atoms with Crippen molar-refractivity contribution in [2.45, 2.75) is 20.4 Å². The molecule has 0 N–H and O–H groups in total. The van der Waals surface area contributed by atoms with Crippen molar-refractivity contribution in [1.29, 1.82) is 0 Å². The van der Waals surface area contributed by atoms with Crippen molar-refractivity contribution in [1.82, 2.24) is 4.98 Å². The number of nitrogens with zero attached hydrogens (tertiary/aromatic N) is 2. The molecule has 2 aromatic heterocycles. The van der Waals surface area contributed by atoms with Crippen molar-refractivity contribution in [3.05, 3.63) is 105 Å². The molecule has 6 heteroatoms. The third-order valence-electron chi connectivity index (χ3n) is 5.32. The third-order valence-corrected chi connectivity index (χ3v) is 6.35. The molecule has 0 aliphatic rings. The number of carbonyl (C=O) groups is 1. The summed E-state index contributed by atoms with van der Waals surface area (Å²) >= 11 is 1.46. The number of rotatable bonds is 4. The van der Waals surface area contributed by atoms with E-state index in [9.17, 15) is 9.59 Å². The summed E-state index contributed by atoms with van der Waals surface area (Å²) in [5.41, 5.74) is 4.18. The van der Waals surface area contributed by atoms with E-state index in [2.05, 4.69) is 12.1 Å². The topological polar surface area (TPSA) is 63.4 Å². The van der Waals surface area contributed by atoms with Crippen molar-refractivity contribution >= 4 is 43.6 Å². The molecule has 0 aliphatic heterocycles.